The van der Waals surface area contributed by atoms with Gasteiger partial charge in [0.15, 0.2) is 0 Å². The topological polar surface area (TPSA) is 29.3 Å². The average Bonchev–Trinajstić information content (AvgIpc) is 2.75. The summed E-state index contributed by atoms with van der Waals surface area (Å²) in [6.45, 7) is 3.52. The number of nitrogens with two attached hydrogens (primary N) is 1. The maximum atomic E-state index is 13.8. The van der Waals surface area contributed by atoms with Crippen molar-refractivity contribution in [2.24, 2.45) is 5.73 Å². The second-order valence-corrected chi connectivity index (χ2v) is 4.45. The van der Waals surface area contributed by atoms with Crippen molar-refractivity contribution in [1.29, 1.82) is 0 Å². The predicted octanol–water partition coefficient (Wildman–Crippen LogP) is 1.92. The van der Waals surface area contributed by atoms with Gasteiger partial charge in [-0.3, -0.25) is 4.90 Å². The van der Waals surface area contributed by atoms with Crippen LogP contribution in [0.15, 0.2) is 18.2 Å². The molecule has 1 aliphatic heterocycles. The quantitative estimate of drug-likeness (QED) is 0.843. The maximum Gasteiger partial charge on any atom is 0.127 e. The molecule has 1 aromatic carbocycles. The van der Waals surface area contributed by atoms with Gasteiger partial charge in [0, 0.05) is 12.1 Å². The van der Waals surface area contributed by atoms with Crippen LogP contribution in [0, 0.1) is 5.82 Å². The van der Waals surface area contributed by atoms with Gasteiger partial charge in [0.25, 0.3) is 0 Å². The van der Waals surface area contributed by atoms with E-state index in [1.165, 1.54) is 12.8 Å². The van der Waals surface area contributed by atoms with Crippen molar-refractivity contribution < 1.29 is 4.39 Å². The molecule has 0 bridgehead atoms. The number of likely N-dealkylation sites (tertiary alicyclic amines) is 1. The molecule has 0 aliphatic carbocycles. The lowest BCUT2D eigenvalue weighted by Crippen LogP contribution is -2.19. The van der Waals surface area contributed by atoms with Crippen LogP contribution in [0.25, 0.3) is 0 Å². The van der Waals surface area contributed by atoms with E-state index in [0.29, 0.717) is 6.54 Å². The first-order valence-corrected chi connectivity index (χ1v) is 5.99. The molecule has 88 valence electrons. The largest absolute Gasteiger partial charge is 0.330 e. The number of hydrogen-bond acceptors (Lipinski definition) is 2. The lowest BCUT2D eigenvalue weighted by Gasteiger charge is -2.15. The summed E-state index contributed by atoms with van der Waals surface area (Å²) in [7, 11) is 0. The lowest BCUT2D eigenvalue weighted by molar-refractivity contribution is 0.325. The molecule has 1 aliphatic rings. The van der Waals surface area contributed by atoms with Gasteiger partial charge in [-0.05, 0) is 50.5 Å². The van der Waals surface area contributed by atoms with E-state index in [1.54, 1.807) is 6.07 Å². The lowest BCUT2D eigenvalue weighted by atomic mass is 10.1. The molecule has 0 unspecified atom stereocenters. The summed E-state index contributed by atoms with van der Waals surface area (Å²) in [4.78, 5) is 2.31. The van der Waals surface area contributed by atoms with Crippen LogP contribution in [0.4, 0.5) is 4.39 Å². The van der Waals surface area contributed by atoms with Crippen LogP contribution >= 0.6 is 0 Å². The highest BCUT2D eigenvalue weighted by Gasteiger charge is 2.13. The van der Waals surface area contributed by atoms with Crippen molar-refractivity contribution >= 4 is 0 Å². The molecule has 0 aromatic heterocycles. The van der Waals surface area contributed by atoms with E-state index in [9.17, 15) is 4.39 Å². The summed E-state index contributed by atoms with van der Waals surface area (Å²) in [6.07, 6.45) is 3.24. The Morgan fingerprint density at radius 1 is 1.25 bits per heavy atom. The van der Waals surface area contributed by atoms with Crippen LogP contribution in [0.1, 0.15) is 24.0 Å². The molecule has 1 heterocycles. The van der Waals surface area contributed by atoms with E-state index in [4.69, 9.17) is 5.73 Å². The van der Waals surface area contributed by atoms with Crippen molar-refractivity contribution in [2.45, 2.75) is 25.8 Å². The highest BCUT2D eigenvalue weighted by Crippen LogP contribution is 2.16. The molecule has 3 heteroatoms. The third-order valence-corrected chi connectivity index (χ3v) is 3.14. The fourth-order valence-electron chi connectivity index (χ4n) is 2.22. The molecule has 1 aromatic rings. The van der Waals surface area contributed by atoms with Crippen LogP contribution in [-0.2, 0) is 13.0 Å². The van der Waals surface area contributed by atoms with Gasteiger partial charge in [-0.15, -0.1) is 0 Å². The van der Waals surface area contributed by atoms with Gasteiger partial charge in [-0.25, -0.2) is 4.39 Å². The third-order valence-electron chi connectivity index (χ3n) is 3.14. The molecule has 0 atom stereocenters. The normalized spacial score (nSPS) is 16.9. The van der Waals surface area contributed by atoms with Crippen LogP contribution in [-0.4, -0.2) is 24.5 Å². The van der Waals surface area contributed by atoms with Gasteiger partial charge in [-0.1, -0.05) is 12.1 Å². The van der Waals surface area contributed by atoms with Gasteiger partial charge >= 0.3 is 0 Å². The highest BCUT2D eigenvalue weighted by molar-refractivity contribution is 5.24. The number of hydrogen-bond donors (Lipinski definition) is 1. The summed E-state index contributed by atoms with van der Waals surface area (Å²) in [5, 5.41) is 0. The number of halogens is 1. The van der Waals surface area contributed by atoms with E-state index in [1.807, 2.05) is 12.1 Å². The minimum Gasteiger partial charge on any atom is -0.330 e. The monoisotopic (exact) mass is 222 g/mol. The summed E-state index contributed by atoms with van der Waals surface area (Å²) in [5.41, 5.74) is 7.25. The first kappa shape index (κ1) is 11.6. The van der Waals surface area contributed by atoms with Crippen molar-refractivity contribution in [1.82, 2.24) is 4.90 Å². The van der Waals surface area contributed by atoms with E-state index < -0.39 is 0 Å². The molecule has 2 rings (SSSR count). The zero-order chi connectivity index (χ0) is 11.4. The molecule has 1 fully saturated rings. The average molecular weight is 222 g/mol. The fourth-order valence-corrected chi connectivity index (χ4v) is 2.22. The van der Waals surface area contributed by atoms with Crippen molar-refractivity contribution in [3.63, 3.8) is 0 Å². The van der Waals surface area contributed by atoms with Crippen LogP contribution in [0.2, 0.25) is 0 Å². The Bertz CT molecular complexity index is 346. The minimum atomic E-state index is -0.0853. The van der Waals surface area contributed by atoms with Gasteiger partial charge in [0.2, 0.25) is 0 Å². The SMILES string of the molecule is NCCc1ccc(CN2CCCC2)c(F)c1. The Kier molecular flexibility index (Phi) is 3.91. The smallest absolute Gasteiger partial charge is 0.127 e. The van der Waals surface area contributed by atoms with Gasteiger partial charge in [-0.2, -0.15) is 0 Å². The maximum absolute atomic E-state index is 13.8. The van der Waals surface area contributed by atoms with Crippen LogP contribution in [0.5, 0.6) is 0 Å². The van der Waals surface area contributed by atoms with E-state index >= 15 is 0 Å². The molecule has 0 radical (unpaired) electrons. The number of benzene rings is 1. The molecule has 0 saturated carbocycles. The summed E-state index contributed by atoms with van der Waals surface area (Å²) < 4.78 is 13.8. The summed E-state index contributed by atoms with van der Waals surface area (Å²) >= 11 is 0. The van der Waals surface area contributed by atoms with E-state index in [-0.39, 0.29) is 5.82 Å². The van der Waals surface area contributed by atoms with Crippen molar-refractivity contribution in [3.8, 4) is 0 Å². The summed E-state index contributed by atoms with van der Waals surface area (Å²) in [5.74, 6) is -0.0853. The van der Waals surface area contributed by atoms with Gasteiger partial charge in [0.05, 0.1) is 0 Å². The molecule has 0 spiro atoms. The van der Waals surface area contributed by atoms with Crippen molar-refractivity contribution in [2.75, 3.05) is 19.6 Å². The fraction of sp³-hybridized carbons (Fsp3) is 0.538. The minimum absolute atomic E-state index is 0.0853. The second kappa shape index (κ2) is 5.41. The molecular weight excluding hydrogens is 203 g/mol. The number of rotatable bonds is 4. The van der Waals surface area contributed by atoms with Crippen LogP contribution < -0.4 is 5.73 Å². The number of nitrogens with zero attached hydrogens (tertiary/aromatic N) is 1. The predicted molar refractivity (Wildman–Crippen MR) is 63.7 cm³/mol. The molecule has 0 amide bonds. The molecular formula is C13H19FN2. The Hall–Kier alpha value is -0.930. The zero-order valence-corrected chi connectivity index (χ0v) is 9.58. The van der Waals surface area contributed by atoms with E-state index in [2.05, 4.69) is 4.90 Å². The Balaban J connectivity index is 2.03. The van der Waals surface area contributed by atoms with Crippen molar-refractivity contribution in [3.05, 3.63) is 35.1 Å². The standard InChI is InChI=1S/C13H19FN2/c14-13-9-11(5-6-15)3-4-12(13)10-16-7-1-2-8-16/h3-4,9H,1-2,5-8,10,15H2. The Labute approximate surface area is 96.2 Å². The Morgan fingerprint density at radius 3 is 2.62 bits per heavy atom. The summed E-state index contributed by atoms with van der Waals surface area (Å²) in [6, 6.07) is 5.51. The highest BCUT2D eigenvalue weighted by atomic mass is 19.1. The molecule has 1 saturated heterocycles. The molecule has 2 N–H and O–H groups in total. The first-order chi connectivity index (χ1) is 7.79. The molecule has 2 nitrogen and oxygen atoms in total. The first-order valence-electron chi connectivity index (χ1n) is 5.99. The molecule has 16 heavy (non-hydrogen) atoms. The van der Waals surface area contributed by atoms with Gasteiger partial charge < -0.3 is 5.73 Å². The zero-order valence-electron chi connectivity index (χ0n) is 9.58. The Morgan fingerprint density at radius 2 is 2.00 bits per heavy atom. The second-order valence-electron chi connectivity index (χ2n) is 4.45. The van der Waals surface area contributed by atoms with Gasteiger partial charge in [0.1, 0.15) is 5.82 Å². The third kappa shape index (κ3) is 2.80. The van der Waals surface area contributed by atoms with Crippen LogP contribution in [0.3, 0.4) is 0 Å². The van der Waals surface area contributed by atoms with E-state index in [0.717, 1.165) is 37.2 Å².